The van der Waals surface area contributed by atoms with Gasteiger partial charge in [0.15, 0.2) is 5.78 Å². The molecule has 9 heteroatoms. The Kier molecular flexibility index (Phi) is 9.47. The van der Waals surface area contributed by atoms with Crippen LogP contribution in [-0.4, -0.2) is 81.2 Å². The summed E-state index contributed by atoms with van der Waals surface area (Å²) in [5, 5.41) is 25.4. The Labute approximate surface area is 203 Å². The van der Waals surface area contributed by atoms with E-state index in [-0.39, 0.29) is 29.7 Å². The highest BCUT2D eigenvalue weighted by molar-refractivity contribution is 6.27. The Hall–Kier alpha value is -3.14. The minimum Gasteiger partial charge on any atom is -0.473 e. The summed E-state index contributed by atoms with van der Waals surface area (Å²) in [5.41, 5.74) is 1.89. The van der Waals surface area contributed by atoms with E-state index < -0.39 is 11.9 Å². The molecule has 2 aliphatic heterocycles. The summed E-state index contributed by atoms with van der Waals surface area (Å²) >= 11 is 0. The van der Waals surface area contributed by atoms with Crippen LogP contribution in [0.25, 0.3) is 0 Å². The number of likely N-dealkylation sites (tertiary alicyclic amines) is 2. The third-order valence-electron chi connectivity index (χ3n) is 6.56. The molecule has 2 heterocycles. The van der Waals surface area contributed by atoms with E-state index in [2.05, 4.69) is 34.1 Å². The van der Waals surface area contributed by atoms with E-state index in [1.165, 1.54) is 17.7 Å². The fraction of sp³-hybridized carbons (Fsp3) is 0.423. The quantitative estimate of drug-likeness (QED) is 0.436. The number of ketones is 1. The lowest BCUT2D eigenvalue weighted by Crippen LogP contribution is -2.56. The summed E-state index contributed by atoms with van der Waals surface area (Å²) in [6.07, 6.45) is 2.05. The maximum Gasteiger partial charge on any atom is 0.414 e. The SMILES string of the molecule is O=C(O)C(=O)O.O=C(c1ccc(F)cc1)C1CCN([C@H]2CN(Cc3ccccc3)CC[C@@H]2O)CC1. The highest BCUT2D eigenvalue weighted by atomic mass is 19.1. The van der Waals surface area contributed by atoms with E-state index in [1.54, 1.807) is 12.1 Å². The number of halogens is 1. The molecule has 35 heavy (non-hydrogen) atoms. The fourth-order valence-corrected chi connectivity index (χ4v) is 4.67. The zero-order valence-electron chi connectivity index (χ0n) is 19.4. The van der Waals surface area contributed by atoms with Crippen molar-refractivity contribution < 1.29 is 34.1 Å². The summed E-state index contributed by atoms with van der Waals surface area (Å²) in [6, 6.07) is 16.4. The largest absolute Gasteiger partial charge is 0.473 e. The van der Waals surface area contributed by atoms with Crippen LogP contribution in [0.3, 0.4) is 0 Å². The second-order valence-electron chi connectivity index (χ2n) is 8.94. The van der Waals surface area contributed by atoms with Crippen LogP contribution in [-0.2, 0) is 16.1 Å². The molecule has 2 aromatic carbocycles. The van der Waals surface area contributed by atoms with Crippen LogP contribution in [0, 0.1) is 11.7 Å². The maximum absolute atomic E-state index is 13.1. The Balaban J connectivity index is 0.000000509. The van der Waals surface area contributed by atoms with Crippen molar-refractivity contribution in [2.24, 2.45) is 5.92 Å². The van der Waals surface area contributed by atoms with Crippen molar-refractivity contribution in [3.63, 3.8) is 0 Å². The molecule has 0 amide bonds. The standard InChI is InChI=1S/C24H29FN2O2.C2H2O4/c25-21-8-6-19(7-9-21)24(29)20-10-14-27(15-11-20)22-17-26(13-12-23(22)28)16-18-4-2-1-3-5-18;3-1(4)2(5)6/h1-9,20,22-23,28H,10-17H2;(H,3,4)(H,5,6)/t22-,23-;/m0./s1. The Morgan fingerprint density at radius 3 is 2.03 bits per heavy atom. The summed E-state index contributed by atoms with van der Waals surface area (Å²) in [4.78, 5) is 35.7. The van der Waals surface area contributed by atoms with Gasteiger partial charge in [0.1, 0.15) is 5.82 Å². The van der Waals surface area contributed by atoms with Crippen LogP contribution in [0.15, 0.2) is 54.6 Å². The summed E-state index contributed by atoms with van der Waals surface area (Å²) in [6.45, 7) is 4.30. The average Bonchev–Trinajstić information content (AvgIpc) is 2.86. The number of benzene rings is 2. The van der Waals surface area contributed by atoms with Gasteiger partial charge in [-0.25, -0.2) is 14.0 Å². The molecule has 188 valence electrons. The smallest absolute Gasteiger partial charge is 0.414 e. The maximum atomic E-state index is 13.1. The van der Waals surface area contributed by atoms with Crippen molar-refractivity contribution in [2.45, 2.75) is 38.0 Å². The topological polar surface area (TPSA) is 118 Å². The van der Waals surface area contributed by atoms with Gasteiger partial charge in [0.2, 0.25) is 0 Å². The number of nitrogens with zero attached hydrogens (tertiary/aromatic N) is 2. The number of hydrogen-bond donors (Lipinski definition) is 3. The highest BCUT2D eigenvalue weighted by Crippen LogP contribution is 2.26. The van der Waals surface area contributed by atoms with Gasteiger partial charge >= 0.3 is 11.9 Å². The number of carboxylic acids is 2. The molecule has 0 aromatic heterocycles. The zero-order chi connectivity index (χ0) is 25.4. The molecule has 2 aromatic rings. The van der Waals surface area contributed by atoms with Gasteiger partial charge < -0.3 is 15.3 Å². The van der Waals surface area contributed by atoms with Gasteiger partial charge in [0, 0.05) is 37.2 Å². The van der Waals surface area contributed by atoms with Crippen LogP contribution in [0.1, 0.15) is 35.2 Å². The number of aliphatic carboxylic acids is 2. The number of Topliss-reactive ketones (excluding diaryl/α,β-unsaturated/α-hetero) is 1. The van der Waals surface area contributed by atoms with Gasteiger partial charge in [-0.05, 0) is 62.2 Å². The Morgan fingerprint density at radius 2 is 1.46 bits per heavy atom. The highest BCUT2D eigenvalue weighted by Gasteiger charge is 2.35. The molecule has 8 nitrogen and oxygen atoms in total. The molecule has 0 aliphatic carbocycles. The first kappa shape index (κ1) is 26.5. The van der Waals surface area contributed by atoms with Crippen LogP contribution >= 0.6 is 0 Å². The fourth-order valence-electron chi connectivity index (χ4n) is 4.67. The van der Waals surface area contributed by atoms with Crippen molar-refractivity contribution in [1.82, 2.24) is 9.80 Å². The Bertz CT molecular complexity index is 981. The second-order valence-corrected chi connectivity index (χ2v) is 8.94. The number of aliphatic hydroxyl groups is 1. The average molecular weight is 487 g/mol. The molecule has 2 fully saturated rings. The summed E-state index contributed by atoms with van der Waals surface area (Å²) < 4.78 is 13.1. The van der Waals surface area contributed by atoms with E-state index in [9.17, 15) is 14.3 Å². The van der Waals surface area contributed by atoms with E-state index >= 15 is 0 Å². The van der Waals surface area contributed by atoms with Gasteiger partial charge in [0.25, 0.3) is 0 Å². The zero-order valence-corrected chi connectivity index (χ0v) is 19.4. The number of hydrogen-bond acceptors (Lipinski definition) is 6. The molecular weight excluding hydrogens is 455 g/mol. The molecule has 0 bridgehead atoms. The van der Waals surface area contributed by atoms with Gasteiger partial charge in [-0.2, -0.15) is 0 Å². The number of aliphatic hydroxyl groups excluding tert-OH is 1. The van der Waals surface area contributed by atoms with Gasteiger partial charge in [-0.1, -0.05) is 30.3 Å². The molecule has 0 saturated carbocycles. The monoisotopic (exact) mass is 486 g/mol. The lowest BCUT2D eigenvalue weighted by atomic mass is 9.87. The molecule has 0 unspecified atom stereocenters. The van der Waals surface area contributed by atoms with E-state index in [0.29, 0.717) is 5.56 Å². The van der Waals surface area contributed by atoms with E-state index in [4.69, 9.17) is 19.8 Å². The summed E-state index contributed by atoms with van der Waals surface area (Å²) in [7, 11) is 0. The van der Waals surface area contributed by atoms with Gasteiger partial charge in [-0.15, -0.1) is 0 Å². The first-order chi connectivity index (χ1) is 16.7. The van der Waals surface area contributed by atoms with E-state index in [1.807, 2.05) is 6.07 Å². The van der Waals surface area contributed by atoms with Crippen molar-refractivity contribution in [1.29, 1.82) is 0 Å². The van der Waals surface area contributed by atoms with Crippen molar-refractivity contribution in [3.05, 3.63) is 71.5 Å². The molecule has 0 radical (unpaired) electrons. The van der Waals surface area contributed by atoms with Crippen LogP contribution in [0.2, 0.25) is 0 Å². The second kappa shape index (κ2) is 12.5. The third-order valence-corrected chi connectivity index (χ3v) is 6.56. The normalized spacial score (nSPS) is 21.5. The molecule has 3 N–H and O–H groups in total. The number of carboxylic acid groups (broad SMARTS) is 2. The minimum atomic E-state index is -1.82. The lowest BCUT2D eigenvalue weighted by molar-refractivity contribution is -0.159. The number of carbonyl (C=O) groups excluding carboxylic acids is 1. The number of rotatable bonds is 5. The first-order valence-electron chi connectivity index (χ1n) is 11.7. The molecule has 4 rings (SSSR count). The van der Waals surface area contributed by atoms with E-state index in [0.717, 1.165) is 52.0 Å². The van der Waals surface area contributed by atoms with Crippen LogP contribution < -0.4 is 0 Å². The predicted octanol–water partition coefficient (Wildman–Crippen LogP) is 2.51. The molecule has 2 aliphatic rings. The molecule has 2 saturated heterocycles. The molecule has 0 spiro atoms. The Morgan fingerprint density at radius 1 is 0.857 bits per heavy atom. The molecular formula is C26H31FN2O6. The lowest BCUT2D eigenvalue weighted by Gasteiger charge is -2.44. The van der Waals surface area contributed by atoms with Gasteiger partial charge in [-0.3, -0.25) is 14.6 Å². The van der Waals surface area contributed by atoms with Crippen molar-refractivity contribution in [3.8, 4) is 0 Å². The summed E-state index contributed by atoms with van der Waals surface area (Å²) in [5.74, 6) is -3.87. The molecule has 2 atom stereocenters. The predicted molar refractivity (Wildman–Crippen MR) is 126 cm³/mol. The van der Waals surface area contributed by atoms with Crippen molar-refractivity contribution in [2.75, 3.05) is 26.2 Å². The number of piperidine rings is 2. The first-order valence-corrected chi connectivity index (χ1v) is 11.7. The number of carbonyl (C=O) groups is 3. The van der Waals surface area contributed by atoms with Gasteiger partial charge in [0.05, 0.1) is 6.10 Å². The van der Waals surface area contributed by atoms with Crippen LogP contribution in [0.5, 0.6) is 0 Å². The van der Waals surface area contributed by atoms with Crippen LogP contribution in [0.4, 0.5) is 4.39 Å². The van der Waals surface area contributed by atoms with Crippen molar-refractivity contribution >= 4 is 17.7 Å². The minimum absolute atomic E-state index is 0.0159. The third kappa shape index (κ3) is 7.68.